The van der Waals surface area contributed by atoms with Crippen LogP contribution in [0.2, 0.25) is 0 Å². The maximum atomic E-state index is 11.5. The summed E-state index contributed by atoms with van der Waals surface area (Å²) in [6, 6.07) is 0. The average molecular weight is 383 g/mol. The molecule has 0 aromatic heterocycles. The molecular formula is C23H42O4. The minimum absolute atomic E-state index is 0.0301. The summed E-state index contributed by atoms with van der Waals surface area (Å²) in [4.78, 5) is 11.5. The van der Waals surface area contributed by atoms with Gasteiger partial charge < -0.3 is 14.9 Å². The van der Waals surface area contributed by atoms with E-state index >= 15 is 0 Å². The summed E-state index contributed by atoms with van der Waals surface area (Å²) in [5.41, 5.74) is 0.206. The molecule has 1 unspecified atom stereocenters. The van der Waals surface area contributed by atoms with E-state index in [4.69, 9.17) is 0 Å². The molecule has 158 valence electrons. The maximum absolute atomic E-state index is 11.5. The van der Waals surface area contributed by atoms with Crippen molar-refractivity contribution in [2.24, 2.45) is 11.8 Å². The van der Waals surface area contributed by atoms with Gasteiger partial charge >= 0.3 is 5.97 Å². The quantitative estimate of drug-likeness (QED) is 0.321. The number of hydrogen-bond donors (Lipinski definition) is 2. The van der Waals surface area contributed by atoms with Crippen molar-refractivity contribution >= 4 is 5.97 Å². The SMILES string of the molecule is CCC/C=C/C(CC)C/C(C)=C/[C@@](O)(CC)C[C@@H](CC)[C@H](O)CC(=O)OC. The van der Waals surface area contributed by atoms with E-state index in [-0.39, 0.29) is 12.3 Å². The number of unbranched alkanes of at least 4 members (excludes halogenated alkanes) is 1. The molecule has 0 aliphatic heterocycles. The van der Waals surface area contributed by atoms with Crippen molar-refractivity contribution in [3.05, 3.63) is 23.8 Å². The third-order valence-electron chi connectivity index (χ3n) is 5.39. The highest BCUT2D eigenvalue weighted by atomic mass is 16.5. The van der Waals surface area contributed by atoms with E-state index in [1.807, 2.05) is 19.9 Å². The molecule has 0 spiro atoms. The Bertz CT molecular complexity index is 469. The summed E-state index contributed by atoms with van der Waals surface area (Å²) in [5.74, 6) is -0.0809. The monoisotopic (exact) mass is 382 g/mol. The third kappa shape index (κ3) is 10.7. The number of esters is 1. The first kappa shape index (κ1) is 25.9. The minimum Gasteiger partial charge on any atom is -0.469 e. The normalized spacial score (nSPS) is 18.1. The Labute approximate surface area is 166 Å². The highest BCUT2D eigenvalue weighted by molar-refractivity contribution is 5.69. The predicted molar refractivity (Wildman–Crippen MR) is 112 cm³/mol. The summed E-state index contributed by atoms with van der Waals surface area (Å²) in [5, 5.41) is 21.5. The van der Waals surface area contributed by atoms with Gasteiger partial charge in [-0.25, -0.2) is 0 Å². The van der Waals surface area contributed by atoms with Gasteiger partial charge in [0.25, 0.3) is 0 Å². The van der Waals surface area contributed by atoms with Crippen LogP contribution in [0.1, 0.15) is 86.0 Å². The molecule has 0 aliphatic carbocycles. The molecule has 0 aromatic carbocycles. The smallest absolute Gasteiger partial charge is 0.308 e. The van der Waals surface area contributed by atoms with E-state index in [1.165, 1.54) is 12.7 Å². The molecule has 4 nitrogen and oxygen atoms in total. The van der Waals surface area contributed by atoms with Gasteiger partial charge in [0.2, 0.25) is 0 Å². The first-order valence-corrected chi connectivity index (χ1v) is 10.6. The highest BCUT2D eigenvalue weighted by Crippen LogP contribution is 2.30. The van der Waals surface area contributed by atoms with Gasteiger partial charge in [-0.1, -0.05) is 64.3 Å². The Balaban J connectivity index is 5.09. The topological polar surface area (TPSA) is 66.8 Å². The minimum atomic E-state index is -0.965. The predicted octanol–water partition coefficient (Wildman–Crippen LogP) is 5.19. The number of aliphatic hydroxyl groups excluding tert-OH is 1. The van der Waals surface area contributed by atoms with Gasteiger partial charge in [0.1, 0.15) is 0 Å². The Hall–Kier alpha value is -1.13. The first-order valence-electron chi connectivity index (χ1n) is 10.6. The van der Waals surface area contributed by atoms with Crippen molar-refractivity contribution in [1.29, 1.82) is 0 Å². The second-order valence-electron chi connectivity index (χ2n) is 7.76. The summed E-state index contributed by atoms with van der Waals surface area (Å²) in [7, 11) is 1.32. The van der Waals surface area contributed by atoms with E-state index in [1.54, 1.807) is 0 Å². The van der Waals surface area contributed by atoms with Gasteiger partial charge in [-0.2, -0.15) is 0 Å². The van der Waals surface area contributed by atoms with E-state index in [9.17, 15) is 15.0 Å². The molecule has 2 N–H and O–H groups in total. The van der Waals surface area contributed by atoms with E-state index in [2.05, 4.69) is 37.7 Å². The Morgan fingerprint density at radius 1 is 1.15 bits per heavy atom. The van der Waals surface area contributed by atoms with E-state index in [0.29, 0.717) is 25.2 Å². The van der Waals surface area contributed by atoms with Gasteiger partial charge in [0.15, 0.2) is 0 Å². The third-order valence-corrected chi connectivity index (χ3v) is 5.39. The van der Waals surface area contributed by atoms with Crippen LogP contribution in [0.4, 0.5) is 0 Å². The molecule has 4 heteroatoms. The van der Waals surface area contributed by atoms with Crippen LogP contribution in [0.3, 0.4) is 0 Å². The van der Waals surface area contributed by atoms with Crippen LogP contribution in [0.15, 0.2) is 23.8 Å². The van der Waals surface area contributed by atoms with Gasteiger partial charge in [-0.3, -0.25) is 4.79 Å². The van der Waals surface area contributed by atoms with Crippen LogP contribution in [0, 0.1) is 11.8 Å². The molecule has 0 bridgehead atoms. The molecule has 0 aliphatic rings. The number of methoxy groups -OCH3 is 1. The number of rotatable bonds is 14. The summed E-state index contributed by atoms with van der Waals surface area (Å²) in [6.45, 7) is 10.4. The lowest BCUT2D eigenvalue weighted by Crippen LogP contribution is -2.34. The molecule has 0 heterocycles. The van der Waals surface area contributed by atoms with Crippen molar-refractivity contribution in [1.82, 2.24) is 0 Å². The lowest BCUT2D eigenvalue weighted by atomic mass is 9.81. The number of allylic oxidation sites excluding steroid dienone is 3. The number of carbonyl (C=O) groups is 1. The fourth-order valence-electron chi connectivity index (χ4n) is 3.47. The second-order valence-corrected chi connectivity index (χ2v) is 7.76. The number of aliphatic hydroxyl groups is 2. The van der Waals surface area contributed by atoms with Crippen LogP contribution in [-0.2, 0) is 9.53 Å². The number of carbonyl (C=O) groups excluding carboxylic acids is 1. The zero-order chi connectivity index (χ0) is 20.9. The van der Waals surface area contributed by atoms with Crippen molar-refractivity contribution < 1.29 is 19.7 Å². The first-order chi connectivity index (χ1) is 12.7. The molecule has 0 fully saturated rings. The van der Waals surface area contributed by atoms with Gasteiger partial charge in [0, 0.05) is 0 Å². The molecular weight excluding hydrogens is 340 g/mol. The highest BCUT2D eigenvalue weighted by Gasteiger charge is 2.31. The Morgan fingerprint density at radius 2 is 1.81 bits per heavy atom. The molecule has 0 saturated carbocycles. The van der Waals surface area contributed by atoms with Gasteiger partial charge in [0.05, 0.1) is 25.2 Å². The van der Waals surface area contributed by atoms with Gasteiger partial charge in [-0.15, -0.1) is 0 Å². The fourth-order valence-corrected chi connectivity index (χ4v) is 3.47. The van der Waals surface area contributed by atoms with Crippen molar-refractivity contribution in [2.45, 2.75) is 97.7 Å². The standard InChI is InChI=1S/C23H42O4/c1-7-11-12-13-19(8-2)14-18(5)16-23(26,10-4)17-20(9-3)21(24)15-22(25)27-6/h12-13,16,19-21,24,26H,7-11,14-15,17H2,1-6H3/b13-12+,18-16+/t19?,20-,21-,23+/m1/s1. The van der Waals surface area contributed by atoms with Crippen LogP contribution >= 0.6 is 0 Å². The molecule has 0 aromatic rings. The molecule has 0 saturated heterocycles. The second kappa shape index (κ2) is 14.0. The molecule has 0 rings (SSSR count). The van der Waals surface area contributed by atoms with E-state index in [0.717, 1.165) is 25.7 Å². The Morgan fingerprint density at radius 3 is 2.30 bits per heavy atom. The molecule has 27 heavy (non-hydrogen) atoms. The van der Waals surface area contributed by atoms with Crippen LogP contribution in [0.5, 0.6) is 0 Å². The van der Waals surface area contributed by atoms with Crippen LogP contribution < -0.4 is 0 Å². The van der Waals surface area contributed by atoms with Crippen molar-refractivity contribution in [3.8, 4) is 0 Å². The van der Waals surface area contributed by atoms with Crippen molar-refractivity contribution in [2.75, 3.05) is 7.11 Å². The van der Waals surface area contributed by atoms with Crippen molar-refractivity contribution in [3.63, 3.8) is 0 Å². The summed E-state index contributed by atoms with van der Waals surface area (Å²) in [6.07, 6.45) is 11.7. The van der Waals surface area contributed by atoms with Crippen LogP contribution in [-0.4, -0.2) is 35.0 Å². The zero-order valence-electron chi connectivity index (χ0n) is 18.3. The fraction of sp³-hybridized carbons (Fsp3) is 0.783. The lowest BCUT2D eigenvalue weighted by molar-refractivity contribution is -0.144. The van der Waals surface area contributed by atoms with Crippen LogP contribution in [0.25, 0.3) is 0 Å². The summed E-state index contributed by atoms with van der Waals surface area (Å²) < 4.78 is 4.65. The maximum Gasteiger partial charge on any atom is 0.308 e. The number of hydrogen-bond acceptors (Lipinski definition) is 4. The molecule has 0 amide bonds. The average Bonchev–Trinajstić information content (AvgIpc) is 2.65. The molecule has 0 radical (unpaired) electrons. The zero-order valence-corrected chi connectivity index (χ0v) is 18.3. The van der Waals surface area contributed by atoms with Gasteiger partial charge in [-0.05, 0) is 50.9 Å². The largest absolute Gasteiger partial charge is 0.469 e. The number of ether oxygens (including phenoxy) is 1. The molecule has 4 atom stereocenters. The Kier molecular flexibility index (Phi) is 13.4. The van der Waals surface area contributed by atoms with E-state index < -0.39 is 17.7 Å². The summed E-state index contributed by atoms with van der Waals surface area (Å²) >= 11 is 0. The lowest BCUT2D eigenvalue weighted by Gasteiger charge is -2.31.